The van der Waals surface area contributed by atoms with Crippen LogP contribution in [0.15, 0.2) is 41.4 Å². The lowest BCUT2D eigenvalue weighted by Crippen LogP contribution is -2.56. The van der Waals surface area contributed by atoms with Gasteiger partial charge in [-0.3, -0.25) is 0 Å². The van der Waals surface area contributed by atoms with Gasteiger partial charge in [0.25, 0.3) is 0 Å². The van der Waals surface area contributed by atoms with E-state index in [9.17, 15) is 21.6 Å². The van der Waals surface area contributed by atoms with E-state index in [1.54, 1.807) is 0 Å². The third kappa shape index (κ3) is 3.99. The van der Waals surface area contributed by atoms with E-state index in [2.05, 4.69) is 4.98 Å². The Morgan fingerprint density at radius 3 is 2.43 bits per heavy atom. The van der Waals surface area contributed by atoms with Gasteiger partial charge >= 0.3 is 6.18 Å². The molecule has 28 heavy (non-hydrogen) atoms. The summed E-state index contributed by atoms with van der Waals surface area (Å²) >= 11 is 0. The highest BCUT2D eigenvalue weighted by Gasteiger charge is 2.40. The van der Waals surface area contributed by atoms with E-state index in [0.717, 1.165) is 22.6 Å². The van der Waals surface area contributed by atoms with Crippen molar-refractivity contribution in [2.45, 2.75) is 17.2 Å². The first-order chi connectivity index (χ1) is 13.1. The van der Waals surface area contributed by atoms with Crippen LogP contribution in [-0.2, 0) is 16.2 Å². The predicted molar refractivity (Wildman–Crippen MR) is 92.0 cm³/mol. The molecule has 0 unspecified atom stereocenters. The molecular weight excluding hydrogens is 401 g/mol. The molecule has 2 heterocycles. The Morgan fingerprint density at radius 2 is 1.82 bits per heavy atom. The number of nitrogens with zero attached hydrogens (tertiary/aromatic N) is 2. The van der Waals surface area contributed by atoms with Gasteiger partial charge in [-0.25, -0.2) is 13.4 Å². The molecule has 0 N–H and O–H groups in total. The lowest BCUT2D eigenvalue weighted by molar-refractivity contribution is -0.137. The third-order valence-electron chi connectivity index (χ3n) is 4.15. The van der Waals surface area contributed by atoms with Gasteiger partial charge in [-0.05, 0) is 18.2 Å². The van der Waals surface area contributed by atoms with E-state index in [1.165, 1.54) is 32.4 Å². The summed E-state index contributed by atoms with van der Waals surface area (Å²) < 4.78 is 80.4. The average molecular weight is 418 g/mol. The van der Waals surface area contributed by atoms with Crippen LogP contribution in [0.5, 0.6) is 17.4 Å². The molecule has 11 heteroatoms. The molecule has 3 rings (SSSR count). The first-order valence-electron chi connectivity index (χ1n) is 8.07. The van der Waals surface area contributed by atoms with Crippen molar-refractivity contribution in [3.05, 3.63) is 42.1 Å². The van der Waals surface area contributed by atoms with Crippen LogP contribution in [0, 0.1) is 0 Å². The number of sulfonamides is 1. The highest BCUT2D eigenvalue weighted by molar-refractivity contribution is 7.89. The van der Waals surface area contributed by atoms with E-state index in [1.807, 2.05) is 0 Å². The summed E-state index contributed by atoms with van der Waals surface area (Å²) in [4.78, 5) is 3.71. The molecule has 0 amide bonds. The lowest BCUT2D eigenvalue weighted by atomic mass is 10.2. The van der Waals surface area contributed by atoms with Crippen LogP contribution >= 0.6 is 0 Å². The summed E-state index contributed by atoms with van der Waals surface area (Å²) in [6.07, 6.45) is -4.12. The summed E-state index contributed by atoms with van der Waals surface area (Å²) in [6.45, 7) is -0.0368. The van der Waals surface area contributed by atoms with E-state index in [-0.39, 0.29) is 29.6 Å². The molecule has 1 aliphatic heterocycles. The van der Waals surface area contributed by atoms with Crippen molar-refractivity contribution in [1.82, 2.24) is 9.29 Å². The average Bonchev–Trinajstić information content (AvgIpc) is 2.63. The summed E-state index contributed by atoms with van der Waals surface area (Å²) in [5.74, 6) is 0.360. The lowest BCUT2D eigenvalue weighted by Gasteiger charge is -2.37. The first-order valence-corrected chi connectivity index (χ1v) is 9.51. The zero-order valence-corrected chi connectivity index (χ0v) is 15.7. The number of rotatable bonds is 6. The Kier molecular flexibility index (Phi) is 5.39. The highest BCUT2D eigenvalue weighted by Crippen LogP contribution is 2.34. The van der Waals surface area contributed by atoms with Gasteiger partial charge in [0.05, 0.1) is 32.9 Å². The van der Waals surface area contributed by atoms with E-state index in [0.29, 0.717) is 5.75 Å². The van der Waals surface area contributed by atoms with Crippen molar-refractivity contribution in [3.63, 3.8) is 0 Å². The molecule has 7 nitrogen and oxygen atoms in total. The summed E-state index contributed by atoms with van der Waals surface area (Å²) in [5.41, 5.74) is -0.885. The third-order valence-corrected chi connectivity index (χ3v) is 6.02. The highest BCUT2D eigenvalue weighted by atomic mass is 32.2. The van der Waals surface area contributed by atoms with Crippen LogP contribution in [0.4, 0.5) is 13.2 Å². The molecule has 0 spiro atoms. The quantitative estimate of drug-likeness (QED) is 0.718. The fraction of sp³-hybridized carbons (Fsp3) is 0.353. The van der Waals surface area contributed by atoms with Crippen LogP contribution in [-0.4, -0.2) is 51.1 Å². The predicted octanol–water partition coefficient (Wildman–Crippen LogP) is 2.57. The first kappa shape index (κ1) is 20.2. The SMILES string of the molecule is COc1ccc(S(=O)(=O)N2CC(Oc3cc(C(F)(F)F)ccn3)C2)c(OC)c1. The number of alkyl halides is 3. The van der Waals surface area contributed by atoms with Crippen molar-refractivity contribution in [2.24, 2.45) is 0 Å². The maximum Gasteiger partial charge on any atom is 0.416 e. The van der Waals surface area contributed by atoms with Crippen molar-refractivity contribution in [1.29, 1.82) is 0 Å². The summed E-state index contributed by atoms with van der Waals surface area (Å²) in [6, 6.07) is 5.93. The fourth-order valence-electron chi connectivity index (χ4n) is 2.62. The smallest absolute Gasteiger partial charge is 0.416 e. The number of pyridine rings is 1. The molecule has 1 aromatic carbocycles. The van der Waals surface area contributed by atoms with E-state index >= 15 is 0 Å². The second-order valence-corrected chi connectivity index (χ2v) is 7.87. The molecule has 152 valence electrons. The minimum Gasteiger partial charge on any atom is -0.497 e. The monoisotopic (exact) mass is 418 g/mol. The normalized spacial score (nSPS) is 15.8. The molecular formula is C17H17F3N2O5S. The number of hydrogen-bond acceptors (Lipinski definition) is 6. The number of aromatic nitrogens is 1. The van der Waals surface area contributed by atoms with Gasteiger partial charge in [0.1, 0.15) is 22.5 Å². The largest absolute Gasteiger partial charge is 0.497 e. The van der Waals surface area contributed by atoms with Gasteiger partial charge in [-0.15, -0.1) is 0 Å². The van der Waals surface area contributed by atoms with Crippen molar-refractivity contribution >= 4 is 10.0 Å². The van der Waals surface area contributed by atoms with Crippen LogP contribution in [0.1, 0.15) is 5.56 Å². The topological polar surface area (TPSA) is 78.0 Å². The van der Waals surface area contributed by atoms with Crippen molar-refractivity contribution < 1.29 is 35.8 Å². The number of methoxy groups -OCH3 is 2. The molecule has 1 aliphatic rings. The minimum atomic E-state index is -4.51. The van der Waals surface area contributed by atoms with Crippen molar-refractivity contribution in [2.75, 3.05) is 27.3 Å². The van der Waals surface area contributed by atoms with Crippen molar-refractivity contribution in [3.8, 4) is 17.4 Å². The number of hydrogen-bond donors (Lipinski definition) is 0. The Labute approximate surface area is 159 Å². The molecule has 0 aliphatic carbocycles. The standard InChI is InChI=1S/C17H17F3N2O5S/c1-25-12-3-4-15(14(8-12)26-2)28(23,24)22-9-13(10-22)27-16-7-11(5-6-21-16)17(18,19)20/h3-8,13H,9-10H2,1-2H3. The number of halogens is 3. The Bertz CT molecular complexity index is 960. The van der Waals surface area contributed by atoms with Gasteiger partial charge in [-0.2, -0.15) is 17.5 Å². The molecule has 0 bridgehead atoms. The van der Waals surface area contributed by atoms with Gasteiger partial charge in [-0.1, -0.05) is 0 Å². The van der Waals surface area contributed by atoms with E-state index < -0.39 is 27.9 Å². The zero-order chi connectivity index (χ0) is 20.5. The summed E-state index contributed by atoms with van der Waals surface area (Å²) in [7, 11) is -1.07. The van der Waals surface area contributed by atoms with Crippen LogP contribution in [0.25, 0.3) is 0 Å². The van der Waals surface area contributed by atoms with Crippen LogP contribution in [0.3, 0.4) is 0 Å². The molecule has 0 saturated carbocycles. The number of ether oxygens (including phenoxy) is 3. The second-order valence-electron chi connectivity index (χ2n) is 5.96. The Morgan fingerprint density at radius 1 is 1.11 bits per heavy atom. The number of benzene rings is 1. The maximum atomic E-state index is 12.8. The maximum absolute atomic E-state index is 12.8. The van der Waals surface area contributed by atoms with Gasteiger partial charge in [0.15, 0.2) is 0 Å². The fourth-order valence-corrected chi connectivity index (χ4v) is 4.26. The van der Waals surface area contributed by atoms with Crippen LogP contribution in [0.2, 0.25) is 0 Å². The molecule has 1 aromatic heterocycles. The molecule has 1 saturated heterocycles. The Hall–Kier alpha value is -2.53. The van der Waals surface area contributed by atoms with Gasteiger partial charge < -0.3 is 14.2 Å². The Balaban J connectivity index is 1.69. The summed E-state index contributed by atoms with van der Waals surface area (Å²) in [5, 5.41) is 0. The zero-order valence-electron chi connectivity index (χ0n) is 14.9. The molecule has 0 atom stereocenters. The van der Waals surface area contributed by atoms with E-state index in [4.69, 9.17) is 14.2 Å². The second kappa shape index (κ2) is 7.47. The molecule has 0 radical (unpaired) electrons. The molecule has 1 fully saturated rings. The van der Waals surface area contributed by atoms with Crippen LogP contribution < -0.4 is 14.2 Å². The van der Waals surface area contributed by atoms with Gasteiger partial charge in [0.2, 0.25) is 15.9 Å². The molecule has 2 aromatic rings. The minimum absolute atomic E-state index is 0.0184. The van der Waals surface area contributed by atoms with Gasteiger partial charge in [0, 0.05) is 18.3 Å².